The maximum atomic E-state index is 11.4. The lowest BCUT2D eigenvalue weighted by Gasteiger charge is -2.20. The predicted octanol–water partition coefficient (Wildman–Crippen LogP) is 1.05. The lowest BCUT2D eigenvalue weighted by atomic mass is 10.2. The summed E-state index contributed by atoms with van der Waals surface area (Å²) in [5.74, 6) is 0. The van der Waals surface area contributed by atoms with Crippen molar-refractivity contribution >= 4 is 10.0 Å². The first kappa shape index (κ1) is 13.6. The highest BCUT2D eigenvalue weighted by atomic mass is 32.2. The normalized spacial score (nSPS) is 14.9. The zero-order valence-corrected chi connectivity index (χ0v) is 10.6. The molecular weight excluding hydrogens is 240 g/mol. The Morgan fingerprint density at radius 1 is 1.35 bits per heavy atom. The van der Waals surface area contributed by atoms with Crippen LogP contribution in [-0.2, 0) is 21.4 Å². The number of sulfonamides is 1. The van der Waals surface area contributed by atoms with E-state index in [0.717, 1.165) is 11.8 Å². The molecule has 0 saturated heterocycles. The third-order valence-electron chi connectivity index (χ3n) is 2.39. The highest BCUT2D eigenvalue weighted by Gasteiger charge is 2.34. The van der Waals surface area contributed by atoms with Gasteiger partial charge in [0.25, 0.3) is 0 Å². The SMILES string of the molecule is C[N+](C#N)(COCc1ccccc1)S(C)(=O)=O. The summed E-state index contributed by atoms with van der Waals surface area (Å²) in [7, 11) is -2.21. The van der Waals surface area contributed by atoms with Gasteiger partial charge in [-0.2, -0.15) is 8.42 Å². The van der Waals surface area contributed by atoms with Crippen molar-refractivity contribution in [1.29, 1.82) is 5.26 Å². The molecule has 0 spiro atoms. The molecule has 0 bridgehead atoms. The molecule has 0 heterocycles. The maximum absolute atomic E-state index is 11.4. The molecule has 17 heavy (non-hydrogen) atoms. The first-order chi connectivity index (χ1) is 7.89. The van der Waals surface area contributed by atoms with Gasteiger partial charge in [-0.1, -0.05) is 30.3 Å². The average Bonchev–Trinajstić information content (AvgIpc) is 2.28. The summed E-state index contributed by atoms with van der Waals surface area (Å²) >= 11 is 0. The Morgan fingerprint density at radius 3 is 2.41 bits per heavy atom. The highest BCUT2D eigenvalue weighted by Crippen LogP contribution is 2.10. The second-order valence-corrected chi connectivity index (χ2v) is 6.17. The molecule has 1 unspecified atom stereocenters. The van der Waals surface area contributed by atoms with Gasteiger partial charge in [-0.25, -0.2) is 0 Å². The third-order valence-corrected chi connectivity index (χ3v) is 4.04. The molecule has 1 aromatic carbocycles. The molecular formula is C11H15N2O3S+. The van der Waals surface area contributed by atoms with Crippen LogP contribution in [0.3, 0.4) is 0 Å². The second kappa shape index (κ2) is 5.27. The van der Waals surface area contributed by atoms with E-state index in [2.05, 4.69) is 0 Å². The lowest BCUT2D eigenvalue weighted by molar-refractivity contribution is -0.741. The number of benzene rings is 1. The van der Waals surface area contributed by atoms with Crippen LogP contribution >= 0.6 is 0 Å². The van der Waals surface area contributed by atoms with Gasteiger partial charge < -0.3 is 4.74 Å². The summed E-state index contributed by atoms with van der Waals surface area (Å²) in [6.07, 6.45) is 2.75. The van der Waals surface area contributed by atoms with Crippen LogP contribution in [0.15, 0.2) is 30.3 Å². The summed E-state index contributed by atoms with van der Waals surface area (Å²) < 4.78 is 27.3. The van der Waals surface area contributed by atoms with E-state index in [9.17, 15) is 8.42 Å². The van der Waals surface area contributed by atoms with Crippen LogP contribution in [0.5, 0.6) is 0 Å². The third kappa shape index (κ3) is 3.53. The summed E-state index contributed by atoms with van der Waals surface area (Å²) in [4.78, 5) is 0. The Labute approximate surface area is 101 Å². The first-order valence-corrected chi connectivity index (χ1v) is 6.82. The molecule has 0 aliphatic rings. The van der Waals surface area contributed by atoms with Crippen LogP contribution in [0, 0.1) is 11.5 Å². The van der Waals surface area contributed by atoms with Gasteiger partial charge in [0.1, 0.15) is 0 Å². The van der Waals surface area contributed by atoms with Crippen molar-refractivity contribution in [3.05, 3.63) is 35.9 Å². The number of quaternary nitrogens is 1. The summed E-state index contributed by atoms with van der Waals surface area (Å²) in [5.41, 5.74) is 0.936. The van der Waals surface area contributed by atoms with Gasteiger partial charge in [0.2, 0.25) is 6.73 Å². The Balaban J connectivity index is 2.60. The molecule has 0 aliphatic heterocycles. The number of nitrogens with zero attached hydrogens (tertiary/aromatic N) is 2. The second-order valence-electron chi connectivity index (χ2n) is 3.90. The van der Waals surface area contributed by atoms with Gasteiger partial charge in [-0.05, 0) is 5.56 Å². The van der Waals surface area contributed by atoms with E-state index in [-0.39, 0.29) is 13.3 Å². The fourth-order valence-electron chi connectivity index (χ4n) is 1.11. The lowest BCUT2D eigenvalue weighted by Crippen LogP contribution is -2.45. The van der Waals surface area contributed by atoms with Gasteiger partial charge in [0, 0.05) is 0 Å². The molecule has 0 aromatic heterocycles. The molecule has 5 nitrogen and oxygen atoms in total. The van der Waals surface area contributed by atoms with Crippen LogP contribution < -0.4 is 0 Å². The topological polar surface area (TPSA) is 67.2 Å². The van der Waals surface area contributed by atoms with E-state index >= 15 is 0 Å². The standard InChI is InChI=1S/C11H15N2O3S/c1-13(9-12,17(2,14)15)10-16-8-11-6-4-3-5-7-11/h3-7H,8,10H2,1-2H3/q+1. The van der Waals surface area contributed by atoms with Crippen molar-refractivity contribution < 1.29 is 17.0 Å². The molecule has 0 amide bonds. The van der Waals surface area contributed by atoms with Crippen LogP contribution in [0.4, 0.5) is 0 Å². The van der Waals surface area contributed by atoms with Gasteiger partial charge in [-0.15, -0.1) is 9.15 Å². The van der Waals surface area contributed by atoms with E-state index in [1.807, 2.05) is 30.3 Å². The molecule has 0 saturated carbocycles. The molecule has 6 heteroatoms. The summed E-state index contributed by atoms with van der Waals surface area (Å²) in [5, 5.41) is 8.88. The number of hydrogen-bond donors (Lipinski definition) is 0. The first-order valence-electron chi connectivity index (χ1n) is 4.98. The van der Waals surface area contributed by atoms with Crippen molar-refractivity contribution in [2.45, 2.75) is 6.61 Å². The quantitative estimate of drug-likeness (QED) is 0.448. The molecule has 0 N–H and O–H groups in total. The van der Waals surface area contributed by atoms with Gasteiger partial charge in [0.05, 0.1) is 19.9 Å². The smallest absolute Gasteiger partial charge is 0.325 e. The number of nitriles is 1. The van der Waals surface area contributed by atoms with Crippen molar-refractivity contribution in [2.75, 3.05) is 20.0 Å². The van der Waals surface area contributed by atoms with Crippen molar-refractivity contribution in [3.8, 4) is 6.19 Å². The number of hydrogen-bond acceptors (Lipinski definition) is 4. The average molecular weight is 255 g/mol. The van der Waals surface area contributed by atoms with Gasteiger partial charge >= 0.3 is 16.2 Å². The molecule has 0 aliphatic carbocycles. The van der Waals surface area contributed by atoms with E-state index in [1.165, 1.54) is 7.05 Å². The summed E-state index contributed by atoms with van der Waals surface area (Å²) in [6, 6.07) is 9.37. The summed E-state index contributed by atoms with van der Waals surface area (Å²) in [6.45, 7) is 0.0934. The van der Waals surface area contributed by atoms with E-state index in [0.29, 0.717) is 0 Å². The molecule has 1 atom stereocenters. The molecule has 0 fully saturated rings. The van der Waals surface area contributed by atoms with Crippen LogP contribution in [0.25, 0.3) is 0 Å². The molecule has 92 valence electrons. The predicted molar refractivity (Wildman–Crippen MR) is 62.7 cm³/mol. The van der Waals surface area contributed by atoms with Crippen LogP contribution in [0.1, 0.15) is 5.56 Å². The Morgan fingerprint density at radius 2 is 1.94 bits per heavy atom. The Kier molecular flexibility index (Phi) is 4.23. The monoisotopic (exact) mass is 255 g/mol. The molecule has 1 rings (SSSR count). The Bertz CT molecular complexity index is 507. The minimum Gasteiger partial charge on any atom is -0.325 e. The van der Waals surface area contributed by atoms with Gasteiger partial charge in [-0.3, -0.25) is 0 Å². The molecule has 1 aromatic rings. The van der Waals surface area contributed by atoms with Crippen molar-refractivity contribution in [2.24, 2.45) is 0 Å². The maximum Gasteiger partial charge on any atom is 0.327 e. The van der Waals surface area contributed by atoms with E-state index in [1.54, 1.807) is 6.19 Å². The van der Waals surface area contributed by atoms with Gasteiger partial charge in [0.15, 0.2) is 0 Å². The highest BCUT2D eigenvalue weighted by molar-refractivity contribution is 7.85. The van der Waals surface area contributed by atoms with Crippen molar-refractivity contribution in [3.63, 3.8) is 0 Å². The minimum atomic E-state index is -3.52. The number of ether oxygens (including phenoxy) is 1. The zero-order valence-electron chi connectivity index (χ0n) is 9.83. The van der Waals surface area contributed by atoms with Crippen molar-refractivity contribution in [1.82, 2.24) is 0 Å². The van der Waals surface area contributed by atoms with Crippen LogP contribution in [-0.4, -0.2) is 32.3 Å². The fourth-order valence-corrected chi connectivity index (χ4v) is 1.53. The van der Waals surface area contributed by atoms with Crippen LogP contribution in [0.2, 0.25) is 0 Å². The molecule has 0 radical (unpaired) electrons. The van der Waals surface area contributed by atoms with E-state index in [4.69, 9.17) is 10.00 Å². The van der Waals surface area contributed by atoms with E-state index < -0.39 is 13.9 Å². The largest absolute Gasteiger partial charge is 0.327 e. The zero-order chi connectivity index (χ0) is 12.9. The Hall–Kier alpha value is -1.42. The number of rotatable bonds is 5. The minimum absolute atomic E-state index is 0.190. The fraction of sp³-hybridized carbons (Fsp3) is 0.364.